The van der Waals surface area contributed by atoms with Crippen molar-refractivity contribution < 1.29 is 4.42 Å². The number of oxazole rings is 1. The van der Waals surface area contributed by atoms with Crippen molar-refractivity contribution in [1.82, 2.24) is 10.3 Å². The standard InChI is InChI=1S/C17H26N2O2/c1-11(10-17(2,3)4)8-14(18-5)12-6-7-13-15(9-12)21-16(20)19-13/h6-7,9,11,14,18H,8,10H2,1-5H3,(H,19,20). The number of hydrogen-bond acceptors (Lipinski definition) is 3. The first-order valence-electron chi connectivity index (χ1n) is 7.58. The number of aromatic nitrogens is 1. The van der Waals surface area contributed by atoms with Gasteiger partial charge in [0.2, 0.25) is 0 Å². The van der Waals surface area contributed by atoms with E-state index >= 15 is 0 Å². The van der Waals surface area contributed by atoms with Crippen LogP contribution in [0.5, 0.6) is 0 Å². The third-order valence-corrected chi connectivity index (χ3v) is 3.79. The molecule has 0 saturated heterocycles. The summed E-state index contributed by atoms with van der Waals surface area (Å²) in [5.74, 6) is 0.223. The topological polar surface area (TPSA) is 58.0 Å². The fourth-order valence-electron chi connectivity index (χ4n) is 3.13. The van der Waals surface area contributed by atoms with E-state index in [4.69, 9.17) is 4.42 Å². The number of hydrogen-bond donors (Lipinski definition) is 2. The van der Waals surface area contributed by atoms with Crippen molar-refractivity contribution in [3.05, 3.63) is 34.3 Å². The Kier molecular flexibility index (Phi) is 4.57. The molecule has 1 heterocycles. The lowest BCUT2D eigenvalue weighted by Crippen LogP contribution is -2.21. The first-order valence-corrected chi connectivity index (χ1v) is 7.58. The summed E-state index contributed by atoms with van der Waals surface area (Å²) in [7, 11) is 1.98. The molecule has 21 heavy (non-hydrogen) atoms. The minimum Gasteiger partial charge on any atom is -0.408 e. The fraction of sp³-hybridized carbons (Fsp3) is 0.588. The van der Waals surface area contributed by atoms with Gasteiger partial charge in [-0.3, -0.25) is 4.98 Å². The van der Waals surface area contributed by atoms with E-state index in [0.29, 0.717) is 16.9 Å². The van der Waals surface area contributed by atoms with Gasteiger partial charge in [-0.05, 0) is 48.9 Å². The molecular weight excluding hydrogens is 264 g/mol. The van der Waals surface area contributed by atoms with Crippen molar-refractivity contribution >= 4 is 11.1 Å². The van der Waals surface area contributed by atoms with Gasteiger partial charge in [-0.1, -0.05) is 33.8 Å². The van der Waals surface area contributed by atoms with Crippen LogP contribution in [0.3, 0.4) is 0 Å². The van der Waals surface area contributed by atoms with Gasteiger partial charge in [-0.15, -0.1) is 0 Å². The average molecular weight is 290 g/mol. The van der Waals surface area contributed by atoms with Crippen LogP contribution in [-0.2, 0) is 0 Å². The van der Waals surface area contributed by atoms with Crippen molar-refractivity contribution in [2.75, 3.05) is 7.05 Å². The summed E-state index contributed by atoms with van der Waals surface area (Å²) in [6.07, 6.45) is 2.25. The average Bonchev–Trinajstić information content (AvgIpc) is 2.72. The van der Waals surface area contributed by atoms with Gasteiger partial charge in [0, 0.05) is 6.04 Å². The lowest BCUT2D eigenvalue weighted by atomic mass is 9.82. The van der Waals surface area contributed by atoms with Gasteiger partial charge in [-0.25, -0.2) is 4.79 Å². The normalized spacial score (nSPS) is 15.3. The quantitative estimate of drug-likeness (QED) is 0.879. The molecule has 0 spiro atoms. The summed E-state index contributed by atoms with van der Waals surface area (Å²) in [5.41, 5.74) is 2.88. The van der Waals surface area contributed by atoms with Crippen molar-refractivity contribution in [2.24, 2.45) is 11.3 Å². The molecule has 2 atom stereocenters. The lowest BCUT2D eigenvalue weighted by Gasteiger charge is -2.26. The largest absolute Gasteiger partial charge is 0.417 e. The molecule has 0 amide bonds. The predicted octanol–water partition coefficient (Wildman–Crippen LogP) is 3.84. The molecule has 0 radical (unpaired) electrons. The number of benzene rings is 1. The highest BCUT2D eigenvalue weighted by Gasteiger charge is 2.20. The van der Waals surface area contributed by atoms with Gasteiger partial charge in [0.1, 0.15) is 0 Å². The Bertz CT molecular complexity index is 649. The molecule has 4 heteroatoms. The molecule has 0 aliphatic carbocycles. The van der Waals surface area contributed by atoms with E-state index in [1.807, 2.05) is 19.2 Å². The summed E-state index contributed by atoms with van der Waals surface area (Å²) in [6.45, 7) is 9.12. The molecular formula is C17H26N2O2. The summed E-state index contributed by atoms with van der Waals surface area (Å²) in [6, 6.07) is 6.19. The Morgan fingerprint density at radius 1 is 1.33 bits per heavy atom. The maximum Gasteiger partial charge on any atom is 0.417 e. The van der Waals surface area contributed by atoms with E-state index in [1.165, 1.54) is 6.42 Å². The second kappa shape index (κ2) is 6.06. The Labute approximate surface area is 125 Å². The van der Waals surface area contributed by atoms with Crippen LogP contribution in [0.1, 0.15) is 52.1 Å². The smallest absolute Gasteiger partial charge is 0.408 e. The molecule has 2 aromatic rings. The molecule has 116 valence electrons. The minimum absolute atomic E-state index is 0.270. The number of H-pyrrole nitrogens is 1. The third-order valence-electron chi connectivity index (χ3n) is 3.79. The highest BCUT2D eigenvalue weighted by molar-refractivity contribution is 5.72. The predicted molar refractivity (Wildman–Crippen MR) is 86.5 cm³/mol. The Balaban J connectivity index is 2.16. The number of aromatic amines is 1. The van der Waals surface area contributed by atoms with E-state index < -0.39 is 5.76 Å². The number of fused-ring (bicyclic) bond motifs is 1. The van der Waals surface area contributed by atoms with E-state index in [9.17, 15) is 4.79 Å². The van der Waals surface area contributed by atoms with E-state index in [1.54, 1.807) is 0 Å². The molecule has 0 fully saturated rings. The highest BCUT2D eigenvalue weighted by atomic mass is 16.4. The van der Waals surface area contributed by atoms with Gasteiger partial charge >= 0.3 is 5.76 Å². The van der Waals surface area contributed by atoms with Gasteiger partial charge in [0.05, 0.1) is 5.52 Å². The molecule has 2 N–H and O–H groups in total. The Morgan fingerprint density at radius 2 is 2.05 bits per heavy atom. The SMILES string of the molecule is CNC(CC(C)CC(C)(C)C)c1ccc2[nH]c(=O)oc2c1. The molecule has 2 unspecified atom stereocenters. The third kappa shape index (κ3) is 4.21. The van der Waals surface area contributed by atoms with Gasteiger partial charge < -0.3 is 9.73 Å². The maximum atomic E-state index is 11.2. The summed E-state index contributed by atoms with van der Waals surface area (Å²) >= 11 is 0. The van der Waals surface area contributed by atoms with Crippen LogP contribution < -0.4 is 11.1 Å². The fourth-order valence-corrected chi connectivity index (χ4v) is 3.13. The first kappa shape index (κ1) is 15.8. The zero-order valence-corrected chi connectivity index (χ0v) is 13.6. The molecule has 0 aliphatic rings. The molecule has 4 nitrogen and oxygen atoms in total. The van der Waals surface area contributed by atoms with Crippen LogP contribution in [0.15, 0.2) is 27.4 Å². The van der Waals surface area contributed by atoms with E-state index in [0.717, 1.165) is 17.5 Å². The molecule has 0 aliphatic heterocycles. The zero-order chi connectivity index (χ0) is 15.6. The van der Waals surface area contributed by atoms with Crippen molar-refractivity contribution in [2.45, 2.75) is 46.6 Å². The van der Waals surface area contributed by atoms with Crippen molar-refractivity contribution in [3.8, 4) is 0 Å². The van der Waals surface area contributed by atoms with Crippen LogP contribution in [-0.4, -0.2) is 12.0 Å². The highest BCUT2D eigenvalue weighted by Crippen LogP contribution is 2.31. The summed E-state index contributed by atoms with van der Waals surface area (Å²) < 4.78 is 5.15. The van der Waals surface area contributed by atoms with Crippen LogP contribution in [0.25, 0.3) is 11.1 Å². The zero-order valence-electron chi connectivity index (χ0n) is 13.6. The first-order chi connectivity index (χ1) is 9.78. The summed E-state index contributed by atoms with van der Waals surface area (Å²) in [5, 5.41) is 3.38. The van der Waals surface area contributed by atoms with Crippen LogP contribution in [0.4, 0.5) is 0 Å². The summed E-state index contributed by atoms with van der Waals surface area (Å²) in [4.78, 5) is 13.9. The second-order valence-electron chi connectivity index (χ2n) is 7.22. The van der Waals surface area contributed by atoms with Gasteiger partial charge in [0.15, 0.2) is 5.58 Å². The monoisotopic (exact) mass is 290 g/mol. The van der Waals surface area contributed by atoms with E-state index in [-0.39, 0.29) is 6.04 Å². The Morgan fingerprint density at radius 3 is 2.67 bits per heavy atom. The number of rotatable bonds is 5. The molecule has 1 aromatic heterocycles. The van der Waals surface area contributed by atoms with E-state index in [2.05, 4.69) is 44.1 Å². The van der Waals surface area contributed by atoms with Gasteiger partial charge in [-0.2, -0.15) is 0 Å². The molecule has 0 bridgehead atoms. The lowest BCUT2D eigenvalue weighted by molar-refractivity contribution is 0.279. The Hall–Kier alpha value is -1.55. The maximum absolute atomic E-state index is 11.2. The molecule has 0 saturated carbocycles. The number of nitrogens with one attached hydrogen (secondary N) is 2. The van der Waals surface area contributed by atoms with Crippen LogP contribution in [0.2, 0.25) is 0 Å². The minimum atomic E-state index is -0.399. The van der Waals surface area contributed by atoms with Crippen LogP contribution in [0, 0.1) is 11.3 Å². The second-order valence-corrected chi connectivity index (χ2v) is 7.22. The van der Waals surface area contributed by atoms with Gasteiger partial charge in [0.25, 0.3) is 0 Å². The molecule has 2 rings (SSSR count). The van der Waals surface area contributed by atoms with Crippen molar-refractivity contribution in [3.63, 3.8) is 0 Å². The molecule has 1 aromatic carbocycles. The van der Waals surface area contributed by atoms with Crippen molar-refractivity contribution in [1.29, 1.82) is 0 Å². The van der Waals surface area contributed by atoms with Crippen LogP contribution >= 0.6 is 0 Å².